The molecule has 15 heavy (non-hydrogen) atoms. The summed E-state index contributed by atoms with van der Waals surface area (Å²) in [5.41, 5.74) is 0. The number of nitrogens with one attached hydrogen (secondary N) is 1. The topological polar surface area (TPSA) is 32.3 Å². The van der Waals surface area contributed by atoms with Crippen LogP contribution in [-0.4, -0.2) is 36.0 Å². The van der Waals surface area contributed by atoms with Crippen molar-refractivity contribution in [3.63, 3.8) is 0 Å². The zero-order valence-electron chi connectivity index (χ0n) is 9.57. The Morgan fingerprint density at radius 2 is 1.73 bits per heavy atom. The molecule has 3 heteroatoms. The molecule has 2 unspecified atom stereocenters. The highest BCUT2D eigenvalue weighted by atomic mass is 16.2. The van der Waals surface area contributed by atoms with Crippen molar-refractivity contribution >= 4 is 5.91 Å². The van der Waals surface area contributed by atoms with Crippen molar-refractivity contribution in [2.24, 2.45) is 5.92 Å². The molecular formula is C12H20N2O. The second-order valence-electron chi connectivity index (χ2n) is 4.74. The fourth-order valence-electron chi connectivity index (χ4n) is 2.60. The molecule has 2 atom stereocenters. The fourth-order valence-corrected chi connectivity index (χ4v) is 2.60. The van der Waals surface area contributed by atoms with Crippen LogP contribution < -0.4 is 5.32 Å². The Kier molecular flexibility index (Phi) is 3.10. The third kappa shape index (κ3) is 2.07. The first-order chi connectivity index (χ1) is 7.20. The zero-order chi connectivity index (χ0) is 10.8. The number of hydrogen-bond acceptors (Lipinski definition) is 2. The van der Waals surface area contributed by atoms with Gasteiger partial charge < -0.3 is 10.2 Å². The van der Waals surface area contributed by atoms with Gasteiger partial charge in [0.2, 0.25) is 5.91 Å². The number of hydrogen-bond donors (Lipinski definition) is 1. The summed E-state index contributed by atoms with van der Waals surface area (Å²) >= 11 is 0. The van der Waals surface area contributed by atoms with E-state index in [1.807, 2.05) is 0 Å². The Hall–Kier alpha value is -0.830. The molecule has 1 amide bonds. The summed E-state index contributed by atoms with van der Waals surface area (Å²) in [4.78, 5) is 14.4. The van der Waals surface area contributed by atoms with E-state index in [0.29, 0.717) is 18.0 Å². The van der Waals surface area contributed by atoms with Gasteiger partial charge in [-0.2, -0.15) is 0 Å². The van der Waals surface area contributed by atoms with E-state index in [2.05, 4.69) is 36.2 Å². The Morgan fingerprint density at radius 1 is 1.20 bits per heavy atom. The van der Waals surface area contributed by atoms with Crippen molar-refractivity contribution in [2.75, 3.05) is 13.1 Å². The minimum Gasteiger partial charge on any atom is -0.334 e. The van der Waals surface area contributed by atoms with Crippen molar-refractivity contribution in [1.82, 2.24) is 10.2 Å². The van der Waals surface area contributed by atoms with Crippen LogP contribution in [0.1, 0.15) is 26.7 Å². The summed E-state index contributed by atoms with van der Waals surface area (Å²) in [5.74, 6) is 0.564. The molecule has 1 saturated heterocycles. The molecule has 0 radical (unpaired) electrons. The monoisotopic (exact) mass is 208 g/mol. The number of carbonyl (C=O) groups excluding carboxylic acids is 1. The molecule has 0 bridgehead atoms. The van der Waals surface area contributed by atoms with E-state index >= 15 is 0 Å². The normalized spacial score (nSPS) is 32.3. The Morgan fingerprint density at radius 3 is 2.27 bits per heavy atom. The van der Waals surface area contributed by atoms with Crippen LogP contribution >= 0.6 is 0 Å². The van der Waals surface area contributed by atoms with Gasteiger partial charge in [0, 0.05) is 31.1 Å². The van der Waals surface area contributed by atoms with E-state index in [0.717, 1.165) is 25.9 Å². The van der Waals surface area contributed by atoms with Crippen LogP contribution in [0.25, 0.3) is 0 Å². The van der Waals surface area contributed by atoms with E-state index in [1.54, 1.807) is 0 Å². The van der Waals surface area contributed by atoms with Gasteiger partial charge in [-0.1, -0.05) is 12.2 Å². The summed E-state index contributed by atoms with van der Waals surface area (Å²) in [6.07, 6.45) is 6.12. The average molecular weight is 208 g/mol. The molecule has 1 fully saturated rings. The first-order valence-corrected chi connectivity index (χ1v) is 5.88. The third-order valence-corrected chi connectivity index (χ3v) is 3.44. The first-order valence-electron chi connectivity index (χ1n) is 5.88. The number of piperazine rings is 1. The van der Waals surface area contributed by atoms with Gasteiger partial charge in [-0.15, -0.1) is 0 Å². The molecule has 0 aromatic rings. The maximum Gasteiger partial charge on any atom is 0.226 e. The highest BCUT2D eigenvalue weighted by molar-refractivity contribution is 5.80. The maximum absolute atomic E-state index is 12.3. The highest BCUT2D eigenvalue weighted by Gasteiger charge is 2.33. The number of allylic oxidation sites excluding steroid dienone is 2. The fraction of sp³-hybridized carbons (Fsp3) is 0.750. The SMILES string of the molecule is CC1CNCC(C)N1C(=O)C1CC=CC1. The van der Waals surface area contributed by atoms with Crippen LogP contribution in [0.4, 0.5) is 0 Å². The van der Waals surface area contributed by atoms with Gasteiger partial charge in [0.1, 0.15) is 0 Å². The molecule has 2 aliphatic rings. The third-order valence-electron chi connectivity index (χ3n) is 3.44. The van der Waals surface area contributed by atoms with Crippen molar-refractivity contribution in [3.05, 3.63) is 12.2 Å². The second-order valence-corrected chi connectivity index (χ2v) is 4.74. The zero-order valence-corrected chi connectivity index (χ0v) is 9.57. The number of amides is 1. The molecule has 1 N–H and O–H groups in total. The Bertz CT molecular complexity index is 257. The quantitative estimate of drug-likeness (QED) is 0.656. The predicted octanol–water partition coefficient (Wildman–Crippen LogP) is 1.16. The van der Waals surface area contributed by atoms with E-state index in [9.17, 15) is 4.79 Å². The summed E-state index contributed by atoms with van der Waals surface area (Å²) in [7, 11) is 0. The van der Waals surface area contributed by atoms with Gasteiger partial charge >= 0.3 is 0 Å². The maximum atomic E-state index is 12.3. The molecule has 0 spiro atoms. The minimum atomic E-state index is 0.216. The van der Waals surface area contributed by atoms with Crippen LogP contribution in [0.3, 0.4) is 0 Å². The molecule has 0 aromatic heterocycles. The Balaban J connectivity index is 2.03. The van der Waals surface area contributed by atoms with Crippen LogP contribution in [0.5, 0.6) is 0 Å². The van der Waals surface area contributed by atoms with Crippen LogP contribution in [0.15, 0.2) is 12.2 Å². The van der Waals surface area contributed by atoms with Gasteiger partial charge in [0.25, 0.3) is 0 Å². The van der Waals surface area contributed by atoms with E-state index in [1.165, 1.54) is 0 Å². The molecule has 1 aliphatic heterocycles. The average Bonchev–Trinajstić information content (AvgIpc) is 2.69. The summed E-state index contributed by atoms with van der Waals surface area (Å²) in [6.45, 7) is 6.11. The lowest BCUT2D eigenvalue weighted by atomic mass is 10.0. The summed E-state index contributed by atoms with van der Waals surface area (Å²) in [5, 5.41) is 3.35. The van der Waals surface area contributed by atoms with Gasteiger partial charge in [-0.25, -0.2) is 0 Å². The Labute approximate surface area is 91.5 Å². The highest BCUT2D eigenvalue weighted by Crippen LogP contribution is 2.23. The molecular weight excluding hydrogens is 188 g/mol. The number of nitrogens with zero attached hydrogens (tertiary/aromatic N) is 1. The van der Waals surface area contributed by atoms with Gasteiger partial charge in [-0.05, 0) is 26.7 Å². The lowest BCUT2D eigenvalue weighted by molar-refractivity contribution is -0.140. The minimum absolute atomic E-state index is 0.216. The number of carbonyl (C=O) groups is 1. The van der Waals surface area contributed by atoms with Gasteiger partial charge in [0.05, 0.1) is 0 Å². The molecule has 1 heterocycles. The van der Waals surface area contributed by atoms with Crippen molar-refractivity contribution < 1.29 is 4.79 Å². The first kappa shape index (κ1) is 10.7. The summed E-state index contributed by atoms with van der Waals surface area (Å²) < 4.78 is 0. The van der Waals surface area contributed by atoms with Crippen molar-refractivity contribution in [1.29, 1.82) is 0 Å². The molecule has 84 valence electrons. The van der Waals surface area contributed by atoms with E-state index in [-0.39, 0.29) is 5.92 Å². The van der Waals surface area contributed by atoms with Crippen LogP contribution in [0, 0.1) is 5.92 Å². The lowest BCUT2D eigenvalue weighted by Gasteiger charge is -2.40. The van der Waals surface area contributed by atoms with E-state index < -0.39 is 0 Å². The molecule has 0 aromatic carbocycles. The van der Waals surface area contributed by atoms with Crippen LogP contribution in [0.2, 0.25) is 0 Å². The van der Waals surface area contributed by atoms with Crippen LogP contribution in [-0.2, 0) is 4.79 Å². The number of rotatable bonds is 1. The van der Waals surface area contributed by atoms with Crippen molar-refractivity contribution in [2.45, 2.75) is 38.8 Å². The smallest absolute Gasteiger partial charge is 0.226 e. The molecule has 2 rings (SSSR count). The van der Waals surface area contributed by atoms with Gasteiger partial charge in [-0.3, -0.25) is 4.79 Å². The van der Waals surface area contributed by atoms with E-state index in [4.69, 9.17) is 0 Å². The summed E-state index contributed by atoms with van der Waals surface area (Å²) in [6, 6.07) is 0.670. The standard InChI is InChI=1S/C12H20N2O/c1-9-7-13-8-10(2)14(9)12(15)11-5-3-4-6-11/h3-4,9-11,13H,5-8H2,1-2H3. The second kappa shape index (κ2) is 4.35. The predicted molar refractivity (Wildman–Crippen MR) is 60.5 cm³/mol. The molecule has 3 nitrogen and oxygen atoms in total. The lowest BCUT2D eigenvalue weighted by Crippen LogP contribution is -2.58. The van der Waals surface area contributed by atoms with Crippen molar-refractivity contribution in [3.8, 4) is 0 Å². The van der Waals surface area contributed by atoms with Gasteiger partial charge in [0.15, 0.2) is 0 Å². The molecule has 1 aliphatic carbocycles. The molecule has 0 saturated carbocycles. The largest absolute Gasteiger partial charge is 0.334 e.